The van der Waals surface area contributed by atoms with Crippen LogP contribution in [0.15, 0.2) is 55.1 Å². The first kappa shape index (κ1) is 16.4. The Morgan fingerprint density at radius 1 is 1.21 bits per heavy atom. The average molecular weight is 325 g/mol. The molecule has 1 heterocycles. The molecule has 0 aromatic heterocycles. The molecule has 0 unspecified atom stereocenters. The Morgan fingerprint density at radius 3 is 2.58 bits per heavy atom. The van der Waals surface area contributed by atoms with E-state index in [-0.39, 0.29) is 17.8 Å². The van der Waals surface area contributed by atoms with Crippen molar-refractivity contribution in [3.8, 4) is 0 Å². The first-order valence-electron chi connectivity index (χ1n) is 8.03. The maximum atomic E-state index is 13.0. The van der Waals surface area contributed by atoms with E-state index in [1.54, 1.807) is 18.2 Å². The fourth-order valence-electron chi connectivity index (χ4n) is 2.86. The Labute approximate surface area is 141 Å². The zero-order valence-corrected chi connectivity index (χ0v) is 13.5. The number of nitrogens with zero attached hydrogens (tertiary/aromatic N) is 1. The Bertz CT molecular complexity index is 709. The van der Waals surface area contributed by atoms with Crippen molar-refractivity contribution in [3.63, 3.8) is 0 Å². The highest BCUT2D eigenvalue weighted by atomic mass is 19.1. The number of hydrogen-bond donors (Lipinski definition) is 0. The summed E-state index contributed by atoms with van der Waals surface area (Å²) in [4.78, 5) is 14.5. The first-order valence-corrected chi connectivity index (χ1v) is 8.03. The van der Waals surface area contributed by atoms with Crippen molar-refractivity contribution in [2.75, 3.05) is 19.7 Å². The fourth-order valence-corrected chi connectivity index (χ4v) is 2.86. The van der Waals surface area contributed by atoms with E-state index in [1.165, 1.54) is 12.1 Å². The molecule has 24 heavy (non-hydrogen) atoms. The van der Waals surface area contributed by atoms with Crippen molar-refractivity contribution in [1.82, 2.24) is 4.90 Å². The van der Waals surface area contributed by atoms with Crippen molar-refractivity contribution < 1.29 is 13.9 Å². The summed E-state index contributed by atoms with van der Waals surface area (Å²) in [5.41, 5.74) is 2.66. The average Bonchev–Trinajstić information content (AvgIpc) is 2.63. The summed E-state index contributed by atoms with van der Waals surface area (Å²) >= 11 is 0. The van der Waals surface area contributed by atoms with Crippen molar-refractivity contribution in [2.24, 2.45) is 0 Å². The van der Waals surface area contributed by atoms with Gasteiger partial charge in [0, 0.05) is 25.1 Å². The van der Waals surface area contributed by atoms with Gasteiger partial charge in [0.25, 0.3) is 5.91 Å². The van der Waals surface area contributed by atoms with E-state index >= 15 is 0 Å². The van der Waals surface area contributed by atoms with Crippen molar-refractivity contribution in [1.29, 1.82) is 0 Å². The van der Waals surface area contributed by atoms with Gasteiger partial charge in [-0.15, -0.1) is 0 Å². The topological polar surface area (TPSA) is 29.5 Å². The van der Waals surface area contributed by atoms with Gasteiger partial charge in [0.05, 0.1) is 12.7 Å². The molecule has 0 N–H and O–H groups in total. The molecule has 0 aliphatic carbocycles. The molecule has 0 radical (unpaired) electrons. The molecule has 1 atom stereocenters. The number of rotatable bonds is 4. The van der Waals surface area contributed by atoms with Gasteiger partial charge in [-0.05, 0) is 35.4 Å². The molecule has 124 valence electrons. The fraction of sp³-hybridized carbons (Fsp3) is 0.250. The largest absolute Gasteiger partial charge is 0.374 e. The maximum absolute atomic E-state index is 13.0. The number of carbonyl (C=O) groups excluding carboxylic acids is 1. The van der Waals surface area contributed by atoms with Crippen LogP contribution < -0.4 is 0 Å². The molecule has 2 aromatic carbocycles. The van der Waals surface area contributed by atoms with E-state index in [0.29, 0.717) is 31.7 Å². The molecule has 2 aromatic rings. The van der Waals surface area contributed by atoms with Gasteiger partial charge < -0.3 is 9.64 Å². The highest BCUT2D eigenvalue weighted by molar-refractivity contribution is 5.94. The molecule has 4 heteroatoms. The minimum atomic E-state index is -0.247. The minimum absolute atomic E-state index is 0.0121. The van der Waals surface area contributed by atoms with E-state index in [0.717, 1.165) is 11.1 Å². The van der Waals surface area contributed by atoms with Crippen molar-refractivity contribution >= 4 is 12.0 Å². The summed E-state index contributed by atoms with van der Waals surface area (Å²) in [5.74, 6) is -0.235. The second-order valence-corrected chi connectivity index (χ2v) is 5.90. The Hall–Kier alpha value is -2.46. The molecular weight excluding hydrogens is 305 g/mol. The number of morpholine rings is 1. The van der Waals surface area contributed by atoms with Gasteiger partial charge in [-0.2, -0.15) is 0 Å². The van der Waals surface area contributed by atoms with Crippen LogP contribution in [-0.4, -0.2) is 36.6 Å². The summed E-state index contributed by atoms with van der Waals surface area (Å²) in [5, 5.41) is 0. The van der Waals surface area contributed by atoms with Gasteiger partial charge in [-0.3, -0.25) is 4.79 Å². The number of amides is 1. The van der Waals surface area contributed by atoms with Crippen LogP contribution in [0.3, 0.4) is 0 Å². The van der Waals surface area contributed by atoms with Gasteiger partial charge in [-0.25, -0.2) is 4.39 Å². The van der Waals surface area contributed by atoms with Crippen LogP contribution >= 0.6 is 0 Å². The highest BCUT2D eigenvalue weighted by Crippen LogP contribution is 2.15. The van der Waals surface area contributed by atoms with Crippen LogP contribution in [0, 0.1) is 5.82 Å². The lowest BCUT2D eigenvalue weighted by molar-refractivity contribution is -0.0208. The smallest absolute Gasteiger partial charge is 0.254 e. The number of benzene rings is 2. The van der Waals surface area contributed by atoms with Gasteiger partial charge in [0.15, 0.2) is 0 Å². The molecule has 1 aliphatic rings. The summed E-state index contributed by atoms with van der Waals surface area (Å²) < 4.78 is 18.7. The summed E-state index contributed by atoms with van der Waals surface area (Å²) in [6.45, 7) is 5.36. The highest BCUT2D eigenvalue weighted by Gasteiger charge is 2.25. The SMILES string of the molecule is C=Cc1ccc(C(=O)N2CCO[C@H](Cc3ccc(F)cc3)C2)cc1. The molecule has 1 saturated heterocycles. The van der Waals surface area contributed by atoms with Crippen LogP contribution in [0.4, 0.5) is 4.39 Å². The predicted octanol–water partition coefficient (Wildman–Crippen LogP) is 3.55. The van der Waals surface area contributed by atoms with Crippen molar-refractivity contribution in [3.05, 3.63) is 77.6 Å². The quantitative estimate of drug-likeness (QED) is 0.860. The van der Waals surface area contributed by atoms with Gasteiger partial charge in [0.1, 0.15) is 5.82 Å². The predicted molar refractivity (Wildman–Crippen MR) is 92.3 cm³/mol. The first-order chi connectivity index (χ1) is 11.7. The standard InChI is InChI=1S/C20H20FNO2/c1-2-15-3-7-17(8-4-15)20(23)22-11-12-24-19(14-22)13-16-5-9-18(21)10-6-16/h2-10,19H,1,11-14H2/t19-/m1/s1. The van der Waals surface area contributed by atoms with E-state index in [1.807, 2.05) is 29.2 Å². The zero-order valence-electron chi connectivity index (χ0n) is 13.5. The monoisotopic (exact) mass is 325 g/mol. The Morgan fingerprint density at radius 2 is 1.92 bits per heavy atom. The molecular formula is C20H20FNO2. The molecule has 0 spiro atoms. The molecule has 3 nitrogen and oxygen atoms in total. The van der Waals surface area contributed by atoms with Crippen molar-refractivity contribution in [2.45, 2.75) is 12.5 Å². The van der Waals surface area contributed by atoms with Gasteiger partial charge >= 0.3 is 0 Å². The molecule has 1 amide bonds. The van der Waals surface area contributed by atoms with E-state index < -0.39 is 0 Å². The van der Waals surface area contributed by atoms with Gasteiger partial charge in [0.2, 0.25) is 0 Å². The van der Waals surface area contributed by atoms with Crippen LogP contribution in [0.1, 0.15) is 21.5 Å². The van der Waals surface area contributed by atoms with Gasteiger partial charge in [-0.1, -0.05) is 36.9 Å². The third kappa shape index (κ3) is 3.89. The molecule has 0 bridgehead atoms. The number of carbonyl (C=O) groups is 1. The Balaban J connectivity index is 1.64. The maximum Gasteiger partial charge on any atom is 0.254 e. The third-order valence-electron chi connectivity index (χ3n) is 4.20. The zero-order chi connectivity index (χ0) is 16.9. The van der Waals surface area contributed by atoms with Crippen LogP contribution in [0.5, 0.6) is 0 Å². The lowest BCUT2D eigenvalue weighted by Gasteiger charge is -2.33. The molecule has 1 fully saturated rings. The lowest BCUT2D eigenvalue weighted by Crippen LogP contribution is -2.46. The Kier molecular flexibility index (Phi) is 5.06. The number of ether oxygens (including phenoxy) is 1. The van der Waals surface area contributed by atoms with E-state index in [4.69, 9.17) is 4.74 Å². The normalized spacial score (nSPS) is 17.5. The summed E-state index contributed by atoms with van der Waals surface area (Å²) in [7, 11) is 0. The van der Waals surface area contributed by atoms with E-state index in [9.17, 15) is 9.18 Å². The summed E-state index contributed by atoms with van der Waals surface area (Å²) in [6.07, 6.45) is 2.35. The van der Waals surface area contributed by atoms with Crippen LogP contribution in [0.25, 0.3) is 6.08 Å². The minimum Gasteiger partial charge on any atom is -0.374 e. The number of halogens is 1. The molecule has 3 rings (SSSR count). The molecule has 1 aliphatic heterocycles. The lowest BCUT2D eigenvalue weighted by atomic mass is 10.1. The second-order valence-electron chi connectivity index (χ2n) is 5.90. The summed E-state index contributed by atoms with van der Waals surface area (Å²) in [6, 6.07) is 13.8. The molecule has 0 saturated carbocycles. The second kappa shape index (κ2) is 7.41. The van der Waals surface area contributed by atoms with Crippen LogP contribution in [-0.2, 0) is 11.2 Å². The third-order valence-corrected chi connectivity index (χ3v) is 4.20. The van der Waals surface area contributed by atoms with Crippen LogP contribution in [0.2, 0.25) is 0 Å². The number of hydrogen-bond acceptors (Lipinski definition) is 2. The van der Waals surface area contributed by atoms with E-state index in [2.05, 4.69) is 6.58 Å².